The van der Waals surface area contributed by atoms with Crippen LogP contribution in [-0.4, -0.2) is 140 Å². The van der Waals surface area contributed by atoms with E-state index in [0.29, 0.717) is 0 Å². The molecule has 0 aliphatic carbocycles. The predicted molar refractivity (Wildman–Crippen MR) is 85.6 cm³/mol. The van der Waals surface area contributed by atoms with E-state index >= 15 is 0 Å². The summed E-state index contributed by atoms with van der Waals surface area (Å²) in [7, 11) is 0. The summed E-state index contributed by atoms with van der Waals surface area (Å²) < 4.78 is 8.95. The summed E-state index contributed by atoms with van der Waals surface area (Å²) in [5.41, 5.74) is 0. The van der Waals surface area contributed by atoms with Crippen LogP contribution in [0.4, 0.5) is 0 Å². The summed E-state index contributed by atoms with van der Waals surface area (Å²) in [6.45, 7) is -1.89. The molecule has 1 aliphatic rings. The van der Waals surface area contributed by atoms with E-state index < -0.39 is 73.3 Å². The number of carbonyl (C=O) groups is 2. The van der Waals surface area contributed by atoms with Gasteiger partial charge in [-0.2, -0.15) is 0 Å². The Labute approximate surface area is 201 Å². The average molecular weight is 498 g/mol. The van der Waals surface area contributed by atoms with Crippen LogP contribution in [-0.2, 0) is 38.5 Å². The molecule has 1 rings (SSSR count). The van der Waals surface area contributed by atoms with Crippen LogP contribution in [0.2, 0.25) is 0 Å². The molecule has 12 nitrogen and oxygen atoms in total. The minimum atomic E-state index is -2.44. The van der Waals surface area contributed by atoms with Crippen molar-refractivity contribution in [2.45, 2.75) is 36.6 Å². The first kappa shape index (κ1) is 32.0. The van der Waals surface area contributed by atoms with E-state index in [4.69, 9.17) is 15.3 Å². The molecule has 15 heteroatoms. The Balaban J connectivity index is -0.00000192. The van der Waals surface area contributed by atoms with Gasteiger partial charge < -0.3 is 50.3 Å². The molecular weight excluding hydrogens is 477 g/mol. The van der Waals surface area contributed by atoms with Gasteiger partial charge in [0.05, 0.1) is 13.2 Å². The molecule has 0 spiro atoms. The van der Waals surface area contributed by atoms with Crippen molar-refractivity contribution in [3.8, 4) is 0 Å². The summed E-state index contributed by atoms with van der Waals surface area (Å²) in [6, 6.07) is 0. The second kappa shape index (κ2) is 14.4. The smallest absolute Gasteiger partial charge is 0 e. The molecule has 152 valence electrons. The number of halogens is 1. The van der Waals surface area contributed by atoms with Crippen LogP contribution in [0.15, 0.2) is 11.5 Å². The second-order valence-electron chi connectivity index (χ2n) is 4.89. The van der Waals surface area contributed by atoms with Crippen LogP contribution in [0.25, 0.3) is 0 Å². The van der Waals surface area contributed by atoms with Gasteiger partial charge in [-0.1, -0.05) is 0 Å². The van der Waals surface area contributed by atoms with Gasteiger partial charge in [-0.15, -0.1) is 12.4 Å². The van der Waals surface area contributed by atoms with Crippen molar-refractivity contribution in [1.29, 1.82) is 0 Å². The molecule has 0 saturated carbocycles. The van der Waals surface area contributed by atoms with Crippen molar-refractivity contribution in [3.05, 3.63) is 11.5 Å². The fourth-order valence-corrected chi connectivity index (χ4v) is 1.75. The molecular formula is C12H21CaClO12Zn. The predicted octanol–water partition coefficient (Wildman–Crippen LogP) is -5.48. The first-order valence-corrected chi connectivity index (χ1v) is 6.63. The van der Waals surface area contributed by atoms with Crippen LogP contribution >= 0.6 is 12.4 Å². The Kier molecular flexibility index (Phi) is 17.1. The Morgan fingerprint density at radius 2 is 1.59 bits per heavy atom. The Morgan fingerprint density at radius 3 is 2.04 bits per heavy atom. The largest absolute Gasteiger partial charge is 0 e. The summed E-state index contributed by atoms with van der Waals surface area (Å²) >= 11 is 0. The quantitative estimate of drug-likeness (QED) is 0.116. The SMILES string of the molecule is Cl.O=C1O[C@H]([C@@H](O)CO)C(OC(=O)[C@H](O)[C@@H](O)[C@H](O)[C@H](O)CO)=C1O.[CaH2].[Zn]. The van der Waals surface area contributed by atoms with E-state index in [1.807, 2.05) is 0 Å². The monoisotopic (exact) mass is 496 g/mol. The Morgan fingerprint density at radius 1 is 1.07 bits per heavy atom. The molecule has 0 amide bonds. The maximum atomic E-state index is 11.7. The van der Waals surface area contributed by atoms with Crippen molar-refractivity contribution in [2.75, 3.05) is 13.2 Å². The number of ether oxygens (including phenoxy) is 2. The molecule has 0 fully saturated rings. The van der Waals surface area contributed by atoms with E-state index in [0.717, 1.165) is 0 Å². The van der Waals surface area contributed by atoms with Gasteiger partial charge in [0, 0.05) is 19.5 Å². The maximum absolute atomic E-state index is 11.7. The molecule has 0 bridgehead atoms. The molecule has 27 heavy (non-hydrogen) atoms. The Bertz CT molecular complexity index is 521. The number of cyclic esters (lactones) is 1. The van der Waals surface area contributed by atoms with E-state index in [-0.39, 0.29) is 69.6 Å². The standard InChI is InChI=1S/C12H18O12.Ca.ClH.Zn.2H/c13-1-3(15)5(17)6(18)7(19)11(21)24-10-8(20)12(22)23-9(10)4(16)2-14;;;;;/h3-7,9,13-20H,1-2H2;;1H;;;/t3-,4+,5-,6+,7-,9-;;;;;/m1...../s1. The van der Waals surface area contributed by atoms with Crippen molar-refractivity contribution in [2.24, 2.45) is 0 Å². The van der Waals surface area contributed by atoms with Gasteiger partial charge in [-0.25, -0.2) is 9.59 Å². The molecule has 0 aromatic heterocycles. The van der Waals surface area contributed by atoms with Gasteiger partial charge in [0.25, 0.3) is 0 Å². The number of hydrogen-bond donors (Lipinski definition) is 8. The first-order valence-electron chi connectivity index (χ1n) is 6.63. The van der Waals surface area contributed by atoms with Crippen LogP contribution in [0.1, 0.15) is 0 Å². The zero-order chi connectivity index (χ0) is 18.6. The van der Waals surface area contributed by atoms with Crippen molar-refractivity contribution >= 4 is 62.1 Å². The fourth-order valence-electron chi connectivity index (χ4n) is 1.75. The number of aliphatic hydroxyl groups excluding tert-OH is 8. The van der Waals surface area contributed by atoms with Crippen molar-refractivity contribution in [1.82, 2.24) is 0 Å². The van der Waals surface area contributed by atoms with E-state index in [2.05, 4.69) is 9.47 Å². The van der Waals surface area contributed by atoms with E-state index in [1.54, 1.807) is 0 Å². The van der Waals surface area contributed by atoms with Crippen LogP contribution in [0.3, 0.4) is 0 Å². The maximum Gasteiger partial charge on any atom is 0 e. The Hall–Kier alpha value is 0.373. The molecule has 6 atom stereocenters. The van der Waals surface area contributed by atoms with Gasteiger partial charge in [0.1, 0.15) is 24.4 Å². The number of esters is 2. The molecule has 0 unspecified atom stereocenters. The minimum absolute atomic E-state index is 0. The topological polar surface area (TPSA) is 214 Å². The number of aliphatic hydroxyl groups is 8. The van der Waals surface area contributed by atoms with E-state index in [9.17, 15) is 35.1 Å². The average Bonchev–Trinajstić information content (AvgIpc) is 2.86. The zero-order valence-electron chi connectivity index (χ0n) is 13.2. The van der Waals surface area contributed by atoms with Gasteiger partial charge in [0.2, 0.25) is 11.5 Å². The van der Waals surface area contributed by atoms with Gasteiger partial charge in [-0.05, 0) is 0 Å². The normalized spacial score (nSPS) is 21.4. The van der Waals surface area contributed by atoms with Crippen molar-refractivity contribution in [3.63, 3.8) is 0 Å². The fraction of sp³-hybridized carbons (Fsp3) is 0.667. The third-order valence-electron chi connectivity index (χ3n) is 3.16. The van der Waals surface area contributed by atoms with Gasteiger partial charge in [-0.3, -0.25) is 0 Å². The third kappa shape index (κ3) is 7.96. The molecule has 0 saturated heterocycles. The number of hydrogen-bond acceptors (Lipinski definition) is 12. The van der Waals surface area contributed by atoms with Gasteiger partial charge >= 0.3 is 49.7 Å². The number of carbonyl (C=O) groups excluding carboxylic acids is 2. The third-order valence-corrected chi connectivity index (χ3v) is 3.16. The molecule has 0 radical (unpaired) electrons. The first-order chi connectivity index (χ1) is 11.1. The minimum Gasteiger partial charge on any atom is 0 e. The summed E-state index contributed by atoms with van der Waals surface area (Å²) in [5, 5.41) is 74.0. The van der Waals surface area contributed by atoms with E-state index in [1.165, 1.54) is 0 Å². The molecule has 1 heterocycles. The molecule has 8 N–H and O–H groups in total. The molecule has 0 aromatic carbocycles. The van der Waals surface area contributed by atoms with Crippen LogP contribution in [0, 0.1) is 0 Å². The van der Waals surface area contributed by atoms with Crippen molar-refractivity contribution < 1.29 is 79.4 Å². The van der Waals surface area contributed by atoms with Gasteiger partial charge in [0.15, 0.2) is 12.2 Å². The molecule has 1 aliphatic heterocycles. The summed E-state index contributed by atoms with van der Waals surface area (Å²) in [6.07, 6.45) is -12.2. The number of rotatable bonds is 8. The van der Waals surface area contributed by atoms with Crippen LogP contribution < -0.4 is 0 Å². The van der Waals surface area contributed by atoms with Crippen LogP contribution in [0.5, 0.6) is 0 Å². The molecule has 0 aromatic rings. The zero-order valence-corrected chi connectivity index (χ0v) is 17.0. The summed E-state index contributed by atoms with van der Waals surface area (Å²) in [4.78, 5) is 22.9. The second-order valence-corrected chi connectivity index (χ2v) is 4.89. The summed E-state index contributed by atoms with van der Waals surface area (Å²) in [5.74, 6) is -5.13.